The molecule has 4 heteroatoms. The molecular weight excluding hydrogens is 401 g/mol. The van der Waals surface area contributed by atoms with Crippen LogP contribution in [0.3, 0.4) is 0 Å². The number of aryl methyl sites for hydroxylation is 2. The number of ether oxygens (including phenoxy) is 2. The molecule has 0 bridgehead atoms. The smallest absolute Gasteiger partial charge is 0.174 e. The number of hydrogen-bond acceptors (Lipinski definition) is 3. The Balaban J connectivity index is 2.29. The van der Waals surface area contributed by atoms with Crippen molar-refractivity contribution in [3.8, 4) is 11.5 Å². The molecule has 0 radical (unpaired) electrons. The van der Waals surface area contributed by atoms with E-state index in [1.165, 1.54) is 11.1 Å². The fourth-order valence-electron chi connectivity index (χ4n) is 2.25. The van der Waals surface area contributed by atoms with E-state index in [1.807, 2.05) is 18.3 Å². The van der Waals surface area contributed by atoms with Gasteiger partial charge in [0, 0.05) is 6.21 Å². The van der Waals surface area contributed by atoms with Gasteiger partial charge in [-0.15, -0.1) is 0 Å². The summed E-state index contributed by atoms with van der Waals surface area (Å²) in [5.41, 5.74) is 4.40. The number of hydrogen-bond donors (Lipinski definition) is 0. The fourth-order valence-corrected chi connectivity index (χ4v) is 3.03. The lowest BCUT2D eigenvalue weighted by Crippen LogP contribution is -2.01. The SMILES string of the molecule is CCCOc1c(I)cc(C=Nc2ccc(C)cc2C)cc1OC. The predicted molar refractivity (Wildman–Crippen MR) is 105 cm³/mol. The van der Waals surface area contributed by atoms with Crippen molar-refractivity contribution in [3.05, 3.63) is 50.6 Å². The van der Waals surface area contributed by atoms with Crippen molar-refractivity contribution < 1.29 is 9.47 Å². The number of nitrogens with zero attached hydrogens (tertiary/aromatic N) is 1. The minimum Gasteiger partial charge on any atom is -0.493 e. The van der Waals surface area contributed by atoms with Crippen LogP contribution in [-0.2, 0) is 0 Å². The van der Waals surface area contributed by atoms with Crippen LogP contribution in [-0.4, -0.2) is 19.9 Å². The third-order valence-corrected chi connectivity index (χ3v) is 4.21. The number of aliphatic imine (C=N–C) groups is 1. The van der Waals surface area contributed by atoms with Crippen molar-refractivity contribution in [2.75, 3.05) is 13.7 Å². The van der Waals surface area contributed by atoms with Gasteiger partial charge in [0.25, 0.3) is 0 Å². The Morgan fingerprint density at radius 3 is 2.61 bits per heavy atom. The summed E-state index contributed by atoms with van der Waals surface area (Å²) in [5.74, 6) is 1.55. The molecule has 0 aromatic heterocycles. The molecule has 0 atom stereocenters. The van der Waals surface area contributed by atoms with E-state index in [2.05, 4.69) is 66.6 Å². The van der Waals surface area contributed by atoms with Crippen LogP contribution in [0.4, 0.5) is 5.69 Å². The first-order chi connectivity index (χ1) is 11.0. The summed E-state index contributed by atoms with van der Waals surface area (Å²) in [6, 6.07) is 10.3. The van der Waals surface area contributed by atoms with Gasteiger partial charge in [-0.1, -0.05) is 24.6 Å². The molecule has 0 unspecified atom stereocenters. The van der Waals surface area contributed by atoms with Crippen LogP contribution < -0.4 is 9.47 Å². The van der Waals surface area contributed by atoms with Crippen LogP contribution >= 0.6 is 22.6 Å². The van der Waals surface area contributed by atoms with Gasteiger partial charge in [0.05, 0.1) is 23.0 Å². The summed E-state index contributed by atoms with van der Waals surface area (Å²) in [5, 5.41) is 0. The molecule has 2 aromatic rings. The Morgan fingerprint density at radius 1 is 1.17 bits per heavy atom. The second-order valence-electron chi connectivity index (χ2n) is 5.43. The molecule has 0 saturated carbocycles. The third kappa shape index (κ3) is 4.70. The first kappa shape index (κ1) is 17.8. The highest BCUT2D eigenvalue weighted by atomic mass is 127. The molecule has 0 fully saturated rings. The molecule has 0 spiro atoms. The number of methoxy groups -OCH3 is 1. The molecule has 2 rings (SSSR count). The maximum absolute atomic E-state index is 5.78. The van der Waals surface area contributed by atoms with Gasteiger partial charge in [-0.05, 0) is 72.2 Å². The summed E-state index contributed by atoms with van der Waals surface area (Å²) in [4.78, 5) is 4.60. The van der Waals surface area contributed by atoms with E-state index in [0.29, 0.717) is 6.61 Å². The number of benzene rings is 2. The molecule has 0 N–H and O–H groups in total. The monoisotopic (exact) mass is 423 g/mol. The minimum atomic E-state index is 0.683. The quantitative estimate of drug-likeness (QED) is 0.457. The second kappa shape index (κ2) is 8.34. The van der Waals surface area contributed by atoms with E-state index in [1.54, 1.807) is 7.11 Å². The zero-order chi connectivity index (χ0) is 16.8. The average Bonchev–Trinajstić information content (AvgIpc) is 2.52. The van der Waals surface area contributed by atoms with Crippen LogP contribution in [0.5, 0.6) is 11.5 Å². The maximum Gasteiger partial charge on any atom is 0.174 e. The van der Waals surface area contributed by atoms with E-state index in [-0.39, 0.29) is 0 Å². The van der Waals surface area contributed by atoms with Crippen molar-refractivity contribution in [1.29, 1.82) is 0 Å². The molecule has 0 aliphatic carbocycles. The van der Waals surface area contributed by atoms with E-state index in [9.17, 15) is 0 Å². The summed E-state index contributed by atoms with van der Waals surface area (Å²) >= 11 is 2.27. The fraction of sp³-hybridized carbons (Fsp3) is 0.316. The highest BCUT2D eigenvalue weighted by Crippen LogP contribution is 2.34. The largest absolute Gasteiger partial charge is 0.493 e. The van der Waals surface area contributed by atoms with Crippen molar-refractivity contribution in [2.24, 2.45) is 4.99 Å². The molecule has 0 aliphatic rings. The maximum atomic E-state index is 5.78. The summed E-state index contributed by atoms with van der Waals surface area (Å²) in [6.07, 6.45) is 2.83. The zero-order valence-corrected chi connectivity index (χ0v) is 16.2. The molecule has 23 heavy (non-hydrogen) atoms. The van der Waals surface area contributed by atoms with Crippen LogP contribution in [0.25, 0.3) is 0 Å². The molecule has 3 nitrogen and oxygen atoms in total. The highest BCUT2D eigenvalue weighted by molar-refractivity contribution is 14.1. The van der Waals surface area contributed by atoms with Gasteiger partial charge < -0.3 is 9.47 Å². The molecule has 122 valence electrons. The van der Waals surface area contributed by atoms with Crippen molar-refractivity contribution >= 4 is 34.5 Å². The normalized spacial score (nSPS) is 11.0. The predicted octanol–water partition coefficient (Wildman–Crippen LogP) is 5.46. The Bertz CT molecular complexity index is 711. The van der Waals surface area contributed by atoms with Crippen LogP contribution in [0.1, 0.15) is 30.0 Å². The van der Waals surface area contributed by atoms with Crippen LogP contribution in [0, 0.1) is 17.4 Å². The molecule has 0 amide bonds. The number of halogens is 1. The number of rotatable bonds is 6. The molecule has 2 aromatic carbocycles. The van der Waals surface area contributed by atoms with E-state index >= 15 is 0 Å². The van der Waals surface area contributed by atoms with Crippen molar-refractivity contribution in [2.45, 2.75) is 27.2 Å². The summed E-state index contributed by atoms with van der Waals surface area (Å²) < 4.78 is 12.3. The Hall–Kier alpha value is -1.56. The molecule has 0 aliphatic heterocycles. The first-order valence-corrected chi connectivity index (χ1v) is 8.74. The molecule has 0 saturated heterocycles. The van der Waals surface area contributed by atoms with Gasteiger partial charge in [-0.25, -0.2) is 0 Å². The molecule has 0 heterocycles. The average molecular weight is 423 g/mol. The van der Waals surface area contributed by atoms with Crippen LogP contribution in [0.15, 0.2) is 35.3 Å². The zero-order valence-electron chi connectivity index (χ0n) is 14.0. The second-order valence-corrected chi connectivity index (χ2v) is 6.59. The van der Waals surface area contributed by atoms with Gasteiger partial charge >= 0.3 is 0 Å². The van der Waals surface area contributed by atoms with E-state index < -0.39 is 0 Å². The Kier molecular flexibility index (Phi) is 6.45. The van der Waals surface area contributed by atoms with E-state index in [0.717, 1.165) is 32.7 Å². The molecular formula is C19H22INO2. The van der Waals surface area contributed by atoms with Gasteiger partial charge in [0.2, 0.25) is 0 Å². The van der Waals surface area contributed by atoms with Gasteiger partial charge in [0.15, 0.2) is 11.5 Å². The topological polar surface area (TPSA) is 30.8 Å². The third-order valence-electron chi connectivity index (χ3n) is 3.41. The Morgan fingerprint density at radius 2 is 1.96 bits per heavy atom. The summed E-state index contributed by atoms with van der Waals surface area (Å²) in [7, 11) is 1.66. The Labute approximate surface area is 151 Å². The first-order valence-electron chi connectivity index (χ1n) is 7.66. The lowest BCUT2D eigenvalue weighted by Gasteiger charge is -2.12. The van der Waals surface area contributed by atoms with Gasteiger partial charge in [-0.3, -0.25) is 4.99 Å². The van der Waals surface area contributed by atoms with Gasteiger partial charge in [0.1, 0.15) is 0 Å². The van der Waals surface area contributed by atoms with Gasteiger partial charge in [-0.2, -0.15) is 0 Å². The highest BCUT2D eigenvalue weighted by Gasteiger charge is 2.10. The van der Waals surface area contributed by atoms with Crippen molar-refractivity contribution in [1.82, 2.24) is 0 Å². The van der Waals surface area contributed by atoms with Crippen molar-refractivity contribution in [3.63, 3.8) is 0 Å². The lowest BCUT2D eigenvalue weighted by atomic mass is 10.1. The summed E-state index contributed by atoms with van der Waals surface area (Å²) in [6.45, 7) is 6.93. The minimum absolute atomic E-state index is 0.683. The standard InChI is InChI=1S/C19H22INO2/c1-5-8-23-19-16(20)10-15(11-18(19)22-4)12-21-17-7-6-13(2)9-14(17)3/h6-7,9-12H,5,8H2,1-4H3. The lowest BCUT2D eigenvalue weighted by molar-refractivity contribution is 0.292. The van der Waals surface area contributed by atoms with Crippen LogP contribution in [0.2, 0.25) is 0 Å². The van der Waals surface area contributed by atoms with E-state index in [4.69, 9.17) is 9.47 Å².